The molecule has 0 aliphatic heterocycles. The van der Waals surface area contributed by atoms with Crippen LogP contribution in [-0.2, 0) is 11.2 Å². The highest BCUT2D eigenvalue weighted by Gasteiger charge is 2.10. The minimum absolute atomic E-state index is 0.142. The summed E-state index contributed by atoms with van der Waals surface area (Å²) >= 11 is 0. The molecule has 0 aliphatic rings. The molecule has 19 heavy (non-hydrogen) atoms. The molecule has 1 heterocycles. The smallest absolute Gasteiger partial charge is 0.226 e. The van der Waals surface area contributed by atoms with Gasteiger partial charge < -0.3 is 14.9 Å². The van der Waals surface area contributed by atoms with E-state index in [-0.39, 0.29) is 18.9 Å². The van der Waals surface area contributed by atoms with Gasteiger partial charge in [-0.2, -0.15) is 0 Å². The summed E-state index contributed by atoms with van der Waals surface area (Å²) in [4.78, 5) is 11.6. The SMILES string of the molecule is CC(O)CNC(=O)Cc1cc(-c2ccccc2)on1. The number of rotatable bonds is 5. The van der Waals surface area contributed by atoms with Crippen LogP contribution in [0.3, 0.4) is 0 Å². The lowest BCUT2D eigenvalue weighted by Crippen LogP contribution is -2.31. The van der Waals surface area contributed by atoms with Gasteiger partial charge in [-0.05, 0) is 6.92 Å². The fourth-order valence-electron chi connectivity index (χ4n) is 1.62. The number of aliphatic hydroxyl groups is 1. The Morgan fingerprint density at radius 1 is 1.42 bits per heavy atom. The van der Waals surface area contributed by atoms with E-state index >= 15 is 0 Å². The van der Waals surface area contributed by atoms with Crippen molar-refractivity contribution in [2.45, 2.75) is 19.4 Å². The molecule has 0 radical (unpaired) electrons. The molecule has 1 amide bonds. The van der Waals surface area contributed by atoms with Gasteiger partial charge in [0.2, 0.25) is 5.91 Å². The average molecular weight is 260 g/mol. The van der Waals surface area contributed by atoms with Crippen molar-refractivity contribution < 1.29 is 14.4 Å². The Labute approximate surface area is 111 Å². The van der Waals surface area contributed by atoms with E-state index in [2.05, 4.69) is 10.5 Å². The number of hydrogen-bond acceptors (Lipinski definition) is 4. The first-order valence-corrected chi connectivity index (χ1v) is 6.11. The van der Waals surface area contributed by atoms with Crippen LogP contribution in [-0.4, -0.2) is 28.8 Å². The van der Waals surface area contributed by atoms with Gasteiger partial charge in [0.05, 0.1) is 18.2 Å². The number of aromatic nitrogens is 1. The molecular weight excluding hydrogens is 244 g/mol. The van der Waals surface area contributed by atoms with Crippen molar-refractivity contribution in [3.8, 4) is 11.3 Å². The summed E-state index contributed by atoms with van der Waals surface area (Å²) < 4.78 is 5.20. The van der Waals surface area contributed by atoms with Crippen LogP contribution in [0.1, 0.15) is 12.6 Å². The molecule has 1 aromatic heterocycles. The highest BCUT2D eigenvalue weighted by molar-refractivity contribution is 5.78. The Balaban J connectivity index is 1.96. The summed E-state index contributed by atoms with van der Waals surface area (Å²) in [6, 6.07) is 11.3. The Hall–Kier alpha value is -2.14. The molecule has 0 saturated heterocycles. The third kappa shape index (κ3) is 3.93. The number of carbonyl (C=O) groups excluding carboxylic acids is 1. The average Bonchev–Trinajstić information content (AvgIpc) is 2.86. The van der Waals surface area contributed by atoms with E-state index in [0.717, 1.165) is 5.56 Å². The summed E-state index contributed by atoms with van der Waals surface area (Å²) in [5.74, 6) is 0.452. The Bertz CT molecular complexity index is 535. The molecule has 5 heteroatoms. The zero-order valence-corrected chi connectivity index (χ0v) is 10.7. The van der Waals surface area contributed by atoms with E-state index in [4.69, 9.17) is 9.63 Å². The first kappa shape index (κ1) is 13.3. The zero-order chi connectivity index (χ0) is 13.7. The van der Waals surface area contributed by atoms with Crippen LogP contribution in [0, 0.1) is 0 Å². The van der Waals surface area contributed by atoms with Crippen molar-refractivity contribution in [2.75, 3.05) is 6.54 Å². The molecular formula is C14H16N2O3. The molecule has 100 valence electrons. The van der Waals surface area contributed by atoms with Gasteiger partial charge >= 0.3 is 0 Å². The maximum Gasteiger partial charge on any atom is 0.226 e. The summed E-state index contributed by atoms with van der Waals surface area (Å²) in [6.07, 6.45) is -0.413. The van der Waals surface area contributed by atoms with Crippen LogP contribution in [0.4, 0.5) is 0 Å². The number of amides is 1. The molecule has 2 N–H and O–H groups in total. The van der Waals surface area contributed by atoms with Crippen molar-refractivity contribution >= 4 is 5.91 Å². The van der Waals surface area contributed by atoms with Crippen LogP contribution in [0.25, 0.3) is 11.3 Å². The summed E-state index contributed by atoms with van der Waals surface area (Å²) in [5.41, 5.74) is 1.49. The molecule has 0 saturated carbocycles. The zero-order valence-electron chi connectivity index (χ0n) is 10.7. The number of benzene rings is 1. The molecule has 0 bridgehead atoms. The first-order valence-electron chi connectivity index (χ1n) is 6.11. The van der Waals surface area contributed by atoms with Gasteiger partial charge in [0.25, 0.3) is 0 Å². The minimum Gasteiger partial charge on any atom is -0.392 e. The fourth-order valence-corrected chi connectivity index (χ4v) is 1.62. The van der Waals surface area contributed by atoms with Crippen molar-refractivity contribution in [2.24, 2.45) is 0 Å². The van der Waals surface area contributed by atoms with E-state index in [1.165, 1.54) is 0 Å². The standard InChI is InChI=1S/C14H16N2O3/c1-10(17)9-15-14(18)8-12-7-13(19-16-12)11-5-3-2-4-6-11/h2-7,10,17H,8-9H2,1H3,(H,15,18). The molecule has 0 aliphatic carbocycles. The molecule has 5 nitrogen and oxygen atoms in total. The maximum absolute atomic E-state index is 11.6. The van der Waals surface area contributed by atoms with Gasteiger partial charge in [0, 0.05) is 18.2 Å². The van der Waals surface area contributed by atoms with Gasteiger partial charge in [-0.25, -0.2) is 0 Å². The van der Waals surface area contributed by atoms with Gasteiger partial charge in [0.15, 0.2) is 5.76 Å². The van der Waals surface area contributed by atoms with Crippen LogP contribution < -0.4 is 5.32 Å². The maximum atomic E-state index is 11.6. The molecule has 2 aromatic rings. The quantitative estimate of drug-likeness (QED) is 0.851. The lowest BCUT2D eigenvalue weighted by atomic mass is 10.1. The number of hydrogen-bond donors (Lipinski definition) is 2. The molecule has 0 fully saturated rings. The van der Waals surface area contributed by atoms with E-state index in [1.807, 2.05) is 30.3 Å². The third-order valence-electron chi connectivity index (χ3n) is 2.55. The largest absolute Gasteiger partial charge is 0.392 e. The normalized spacial score (nSPS) is 12.1. The van der Waals surface area contributed by atoms with Crippen molar-refractivity contribution in [3.63, 3.8) is 0 Å². The molecule has 1 unspecified atom stereocenters. The first-order chi connectivity index (χ1) is 9.15. The Kier molecular flexibility index (Phi) is 4.30. The highest BCUT2D eigenvalue weighted by atomic mass is 16.5. The molecule has 1 aromatic carbocycles. The molecule has 2 rings (SSSR count). The summed E-state index contributed by atoms with van der Waals surface area (Å²) in [6.45, 7) is 1.85. The van der Waals surface area contributed by atoms with Crippen molar-refractivity contribution in [1.82, 2.24) is 10.5 Å². The molecule has 1 atom stereocenters. The van der Waals surface area contributed by atoms with E-state index in [1.54, 1.807) is 13.0 Å². The topological polar surface area (TPSA) is 75.4 Å². The van der Waals surface area contributed by atoms with Crippen LogP contribution >= 0.6 is 0 Å². The van der Waals surface area contributed by atoms with Gasteiger partial charge in [-0.1, -0.05) is 35.5 Å². The number of nitrogens with one attached hydrogen (secondary N) is 1. The monoisotopic (exact) mass is 260 g/mol. The number of aliphatic hydroxyl groups excluding tert-OH is 1. The minimum atomic E-state index is -0.555. The predicted molar refractivity (Wildman–Crippen MR) is 70.3 cm³/mol. The number of carbonyl (C=O) groups is 1. The Morgan fingerprint density at radius 3 is 2.84 bits per heavy atom. The molecule has 0 spiro atoms. The second kappa shape index (κ2) is 6.15. The van der Waals surface area contributed by atoms with Gasteiger partial charge in [-0.3, -0.25) is 4.79 Å². The number of nitrogens with zero attached hydrogens (tertiary/aromatic N) is 1. The lowest BCUT2D eigenvalue weighted by molar-refractivity contribution is -0.120. The van der Waals surface area contributed by atoms with Crippen LogP contribution in [0.5, 0.6) is 0 Å². The van der Waals surface area contributed by atoms with E-state index < -0.39 is 6.10 Å². The van der Waals surface area contributed by atoms with Crippen LogP contribution in [0.2, 0.25) is 0 Å². The second-order valence-corrected chi connectivity index (χ2v) is 4.38. The van der Waals surface area contributed by atoms with Crippen molar-refractivity contribution in [1.29, 1.82) is 0 Å². The predicted octanol–water partition coefficient (Wildman–Crippen LogP) is 1.38. The highest BCUT2D eigenvalue weighted by Crippen LogP contribution is 2.19. The van der Waals surface area contributed by atoms with E-state index in [9.17, 15) is 4.79 Å². The fraction of sp³-hybridized carbons (Fsp3) is 0.286. The van der Waals surface area contributed by atoms with Crippen molar-refractivity contribution in [3.05, 3.63) is 42.1 Å². The third-order valence-corrected chi connectivity index (χ3v) is 2.55. The summed E-state index contributed by atoms with van der Waals surface area (Å²) in [5, 5.41) is 15.5. The van der Waals surface area contributed by atoms with Crippen LogP contribution in [0.15, 0.2) is 40.9 Å². The summed E-state index contributed by atoms with van der Waals surface area (Å²) in [7, 11) is 0. The van der Waals surface area contributed by atoms with Gasteiger partial charge in [-0.15, -0.1) is 0 Å². The second-order valence-electron chi connectivity index (χ2n) is 4.38. The lowest BCUT2D eigenvalue weighted by Gasteiger charge is -2.05. The van der Waals surface area contributed by atoms with E-state index in [0.29, 0.717) is 11.5 Å². The Morgan fingerprint density at radius 2 is 2.16 bits per heavy atom. The van der Waals surface area contributed by atoms with Gasteiger partial charge in [0.1, 0.15) is 0 Å².